The second-order valence-corrected chi connectivity index (χ2v) is 5.73. The molecule has 7 heteroatoms. The Morgan fingerprint density at radius 3 is 2.84 bits per heavy atom. The van der Waals surface area contributed by atoms with E-state index in [4.69, 9.17) is 20.8 Å². The van der Waals surface area contributed by atoms with Crippen LogP contribution in [0, 0.1) is 0 Å². The monoisotopic (exact) mass is 353 g/mol. The summed E-state index contributed by atoms with van der Waals surface area (Å²) < 4.78 is 12.3. The van der Waals surface area contributed by atoms with Gasteiger partial charge >= 0.3 is 0 Å². The van der Waals surface area contributed by atoms with Crippen LogP contribution in [0.25, 0.3) is 28.2 Å². The van der Waals surface area contributed by atoms with Crippen LogP contribution >= 0.6 is 11.6 Å². The van der Waals surface area contributed by atoms with Gasteiger partial charge in [0.15, 0.2) is 17.7 Å². The van der Waals surface area contributed by atoms with E-state index in [9.17, 15) is 4.79 Å². The van der Waals surface area contributed by atoms with Crippen LogP contribution in [-0.2, 0) is 0 Å². The normalized spacial score (nSPS) is 11.0. The van der Waals surface area contributed by atoms with Crippen LogP contribution in [0.15, 0.2) is 53.1 Å². The molecule has 0 spiro atoms. The maximum atomic E-state index is 10.8. The van der Waals surface area contributed by atoms with E-state index in [1.807, 2.05) is 24.4 Å². The van der Waals surface area contributed by atoms with E-state index >= 15 is 0 Å². The largest absolute Gasteiger partial charge is 0.480 e. The van der Waals surface area contributed by atoms with Crippen molar-refractivity contribution in [1.29, 1.82) is 0 Å². The summed E-state index contributed by atoms with van der Waals surface area (Å²) in [6, 6.07) is 12.4. The molecule has 6 nitrogen and oxygen atoms in total. The predicted octanol–water partition coefficient (Wildman–Crippen LogP) is 4.13. The standard InChI is InChI=1S/C18H12ClN3O3/c1-24-18-7-6-17-20-15(9-22(17)21-18)11-2-4-14(19)13(8-11)16-5-3-12(10-23)25-16/h2-10H,1H3. The number of benzene rings is 1. The molecule has 0 fully saturated rings. The lowest BCUT2D eigenvalue weighted by Crippen LogP contribution is -1.93. The molecule has 4 aromatic rings. The minimum atomic E-state index is 0.250. The number of carbonyl (C=O) groups excluding carboxylic acids is 1. The van der Waals surface area contributed by atoms with E-state index in [-0.39, 0.29) is 5.76 Å². The van der Waals surface area contributed by atoms with Crippen LogP contribution in [-0.4, -0.2) is 28.0 Å². The highest BCUT2D eigenvalue weighted by Gasteiger charge is 2.12. The van der Waals surface area contributed by atoms with Crippen LogP contribution in [0.4, 0.5) is 0 Å². The summed E-state index contributed by atoms with van der Waals surface area (Å²) in [5, 5.41) is 4.83. The second-order valence-electron chi connectivity index (χ2n) is 5.32. The highest BCUT2D eigenvalue weighted by atomic mass is 35.5. The first-order valence-corrected chi connectivity index (χ1v) is 7.81. The highest BCUT2D eigenvalue weighted by molar-refractivity contribution is 6.33. The van der Waals surface area contributed by atoms with Gasteiger partial charge in [-0.05, 0) is 30.3 Å². The number of hydrogen-bond donors (Lipinski definition) is 0. The van der Waals surface area contributed by atoms with Crippen molar-refractivity contribution in [1.82, 2.24) is 14.6 Å². The molecule has 0 aliphatic heterocycles. The lowest BCUT2D eigenvalue weighted by atomic mass is 10.1. The van der Waals surface area contributed by atoms with Crippen molar-refractivity contribution in [2.75, 3.05) is 7.11 Å². The predicted molar refractivity (Wildman–Crippen MR) is 93.1 cm³/mol. The second kappa shape index (κ2) is 6.07. The number of imidazole rings is 1. The molecule has 25 heavy (non-hydrogen) atoms. The molecule has 0 N–H and O–H groups in total. The Bertz CT molecular complexity index is 1080. The molecule has 1 aromatic carbocycles. The fourth-order valence-electron chi connectivity index (χ4n) is 2.55. The molecule has 3 heterocycles. The smallest absolute Gasteiger partial charge is 0.231 e. The SMILES string of the molecule is COc1ccc2nc(-c3ccc(Cl)c(-c4ccc(C=O)o4)c3)cn2n1. The number of hydrogen-bond acceptors (Lipinski definition) is 5. The minimum absolute atomic E-state index is 0.250. The molecule has 0 atom stereocenters. The third kappa shape index (κ3) is 2.77. The summed E-state index contributed by atoms with van der Waals surface area (Å²) in [4.78, 5) is 15.4. The van der Waals surface area contributed by atoms with Crippen LogP contribution in [0.5, 0.6) is 5.88 Å². The number of ether oxygens (including phenoxy) is 1. The highest BCUT2D eigenvalue weighted by Crippen LogP contribution is 2.33. The zero-order valence-electron chi connectivity index (χ0n) is 13.1. The van der Waals surface area contributed by atoms with Gasteiger partial charge in [0.05, 0.1) is 24.0 Å². The number of methoxy groups -OCH3 is 1. The molecular weight excluding hydrogens is 342 g/mol. The number of furan rings is 1. The van der Waals surface area contributed by atoms with Crippen LogP contribution in [0.2, 0.25) is 5.02 Å². The molecule has 0 radical (unpaired) electrons. The van der Waals surface area contributed by atoms with Gasteiger partial charge in [-0.1, -0.05) is 17.7 Å². The first-order chi connectivity index (χ1) is 12.2. The van der Waals surface area contributed by atoms with E-state index in [0.717, 1.165) is 11.3 Å². The van der Waals surface area contributed by atoms with Crippen LogP contribution < -0.4 is 4.74 Å². The summed E-state index contributed by atoms with van der Waals surface area (Å²) in [6.07, 6.45) is 2.46. The topological polar surface area (TPSA) is 69.6 Å². The van der Waals surface area contributed by atoms with Crippen molar-refractivity contribution in [3.63, 3.8) is 0 Å². The number of nitrogens with zero attached hydrogens (tertiary/aromatic N) is 3. The van der Waals surface area contributed by atoms with Crippen molar-refractivity contribution in [2.24, 2.45) is 0 Å². The molecule has 0 saturated heterocycles. The Hall–Kier alpha value is -3.12. The van der Waals surface area contributed by atoms with E-state index in [1.54, 1.807) is 35.9 Å². The first-order valence-electron chi connectivity index (χ1n) is 7.43. The Labute approximate surface area is 147 Å². The Morgan fingerprint density at radius 2 is 2.08 bits per heavy atom. The number of halogens is 1. The van der Waals surface area contributed by atoms with Crippen molar-refractivity contribution in [2.45, 2.75) is 0 Å². The zero-order chi connectivity index (χ0) is 17.4. The van der Waals surface area contributed by atoms with Crippen molar-refractivity contribution in [3.8, 4) is 28.5 Å². The van der Waals surface area contributed by atoms with Gasteiger partial charge in [0.1, 0.15) is 5.76 Å². The molecule has 4 rings (SSSR count). The van der Waals surface area contributed by atoms with E-state index in [1.165, 1.54) is 0 Å². The van der Waals surface area contributed by atoms with Gasteiger partial charge in [0.25, 0.3) is 0 Å². The van der Waals surface area contributed by atoms with Crippen LogP contribution in [0.3, 0.4) is 0 Å². The first kappa shape index (κ1) is 15.4. The van der Waals surface area contributed by atoms with Crippen LogP contribution in [0.1, 0.15) is 10.6 Å². The Balaban J connectivity index is 1.80. The maximum absolute atomic E-state index is 10.8. The average Bonchev–Trinajstić information content (AvgIpc) is 3.28. The number of aromatic nitrogens is 3. The molecule has 0 aliphatic rings. The van der Waals surface area contributed by atoms with Crippen molar-refractivity contribution in [3.05, 3.63) is 59.4 Å². The fraction of sp³-hybridized carbons (Fsp3) is 0.0556. The molecule has 124 valence electrons. The maximum Gasteiger partial charge on any atom is 0.231 e. The summed E-state index contributed by atoms with van der Waals surface area (Å²) in [7, 11) is 1.56. The van der Waals surface area contributed by atoms with Gasteiger partial charge in [-0.25, -0.2) is 9.50 Å². The van der Waals surface area contributed by atoms with Crippen molar-refractivity contribution >= 4 is 23.5 Å². The number of rotatable bonds is 4. The number of fused-ring (bicyclic) bond motifs is 1. The summed E-state index contributed by atoms with van der Waals surface area (Å²) >= 11 is 6.29. The average molecular weight is 354 g/mol. The molecule has 3 aromatic heterocycles. The van der Waals surface area contributed by atoms with E-state index in [0.29, 0.717) is 34.2 Å². The Kier molecular flexibility index (Phi) is 3.74. The Morgan fingerprint density at radius 1 is 1.20 bits per heavy atom. The molecule has 0 aliphatic carbocycles. The molecular formula is C18H12ClN3O3. The lowest BCUT2D eigenvalue weighted by Gasteiger charge is -2.03. The number of carbonyl (C=O) groups is 1. The number of aldehydes is 1. The molecule has 0 unspecified atom stereocenters. The lowest BCUT2D eigenvalue weighted by molar-refractivity contribution is 0.110. The third-order valence-corrected chi connectivity index (χ3v) is 4.10. The molecule has 0 amide bonds. The van der Waals surface area contributed by atoms with Crippen molar-refractivity contribution < 1.29 is 13.9 Å². The third-order valence-electron chi connectivity index (χ3n) is 3.78. The van der Waals surface area contributed by atoms with Gasteiger partial charge in [-0.2, -0.15) is 0 Å². The fourth-order valence-corrected chi connectivity index (χ4v) is 2.76. The van der Waals surface area contributed by atoms with Gasteiger partial charge in [-0.3, -0.25) is 4.79 Å². The zero-order valence-corrected chi connectivity index (χ0v) is 13.9. The molecule has 0 saturated carbocycles. The minimum Gasteiger partial charge on any atom is -0.480 e. The summed E-state index contributed by atoms with van der Waals surface area (Å²) in [6.45, 7) is 0. The van der Waals surface area contributed by atoms with Gasteiger partial charge in [-0.15, -0.1) is 5.10 Å². The van der Waals surface area contributed by atoms with E-state index < -0.39 is 0 Å². The molecule has 0 bridgehead atoms. The van der Waals surface area contributed by atoms with Gasteiger partial charge in [0.2, 0.25) is 5.88 Å². The van der Waals surface area contributed by atoms with Gasteiger partial charge in [0, 0.05) is 17.2 Å². The quantitative estimate of drug-likeness (QED) is 0.516. The van der Waals surface area contributed by atoms with E-state index in [2.05, 4.69) is 10.1 Å². The summed E-state index contributed by atoms with van der Waals surface area (Å²) in [5.74, 6) is 1.28. The summed E-state index contributed by atoms with van der Waals surface area (Å²) in [5.41, 5.74) is 2.98. The van der Waals surface area contributed by atoms with Gasteiger partial charge < -0.3 is 9.15 Å².